The van der Waals surface area contributed by atoms with Crippen LogP contribution in [-0.2, 0) is 4.79 Å². The quantitative estimate of drug-likeness (QED) is 0.818. The maximum Gasteiger partial charge on any atom is 0.319 e. The van der Waals surface area contributed by atoms with Gasteiger partial charge in [0.1, 0.15) is 4.75 Å². The second kappa shape index (κ2) is 4.50. The topological polar surface area (TPSA) is 37.3 Å². The maximum absolute atomic E-state index is 11.1. The number of aryl methyl sites for hydroxylation is 3. The van der Waals surface area contributed by atoms with Crippen molar-refractivity contribution in [2.24, 2.45) is 0 Å². The molecule has 16 heavy (non-hydrogen) atoms. The molecule has 0 aliphatic heterocycles. The van der Waals surface area contributed by atoms with Gasteiger partial charge in [0.05, 0.1) is 0 Å². The fourth-order valence-corrected chi connectivity index (χ4v) is 2.66. The van der Waals surface area contributed by atoms with Gasteiger partial charge >= 0.3 is 5.97 Å². The van der Waals surface area contributed by atoms with Crippen LogP contribution in [0.3, 0.4) is 0 Å². The second-order valence-corrected chi connectivity index (χ2v) is 6.28. The van der Waals surface area contributed by atoms with E-state index in [2.05, 4.69) is 19.1 Å². The van der Waals surface area contributed by atoms with E-state index >= 15 is 0 Å². The van der Waals surface area contributed by atoms with Gasteiger partial charge in [-0.25, -0.2) is 0 Å². The Morgan fingerprint density at radius 3 is 2.00 bits per heavy atom. The summed E-state index contributed by atoms with van der Waals surface area (Å²) in [5.74, 6) is -0.781. The first-order valence-electron chi connectivity index (χ1n) is 5.24. The summed E-state index contributed by atoms with van der Waals surface area (Å²) in [6.07, 6.45) is 0. The molecular formula is C13H18O2S. The predicted octanol–water partition coefficient (Wildman–Crippen LogP) is 3.57. The van der Waals surface area contributed by atoms with Crippen molar-refractivity contribution >= 4 is 17.7 Å². The van der Waals surface area contributed by atoms with E-state index in [1.54, 1.807) is 13.8 Å². The molecule has 1 rings (SSSR count). The van der Waals surface area contributed by atoms with Gasteiger partial charge in [0.25, 0.3) is 0 Å². The minimum atomic E-state index is -0.787. The summed E-state index contributed by atoms with van der Waals surface area (Å²) in [6, 6.07) is 4.18. The second-order valence-electron chi connectivity index (χ2n) is 4.65. The summed E-state index contributed by atoms with van der Waals surface area (Å²) in [5, 5.41) is 9.12. The molecule has 0 saturated carbocycles. The van der Waals surface area contributed by atoms with Crippen molar-refractivity contribution in [3.63, 3.8) is 0 Å². The lowest BCUT2D eigenvalue weighted by molar-refractivity contribution is -0.138. The van der Waals surface area contributed by atoms with Crippen molar-refractivity contribution < 1.29 is 9.90 Å². The highest BCUT2D eigenvalue weighted by molar-refractivity contribution is 8.01. The van der Waals surface area contributed by atoms with Crippen molar-refractivity contribution in [2.45, 2.75) is 44.3 Å². The number of carboxylic acids is 1. The summed E-state index contributed by atoms with van der Waals surface area (Å²) in [5.41, 5.74) is 3.51. The lowest BCUT2D eigenvalue weighted by atomic mass is 10.1. The number of hydrogen-bond acceptors (Lipinski definition) is 2. The fourth-order valence-electron chi connectivity index (χ4n) is 1.63. The number of benzene rings is 1. The zero-order valence-electron chi connectivity index (χ0n) is 10.4. The SMILES string of the molecule is Cc1cc(C)c(SC(C)(C)C(=O)O)c(C)c1. The number of rotatable bonds is 3. The van der Waals surface area contributed by atoms with Crippen LogP contribution in [0, 0.1) is 20.8 Å². The molecule has 0 heterocycles. The third kappa shape index (κ3) is 2.79. The molecule has 1 aromatic rings. The molecule has 0 aromatic heterocycles. The minimum absolute atomic E-state index is 0.781. The third-order valence-electron chi connectivity index (χ3n) is 2.48. The summed E-state index contributed by atoms with van der Waals surface area (Å²) < 4.78 is -0.787. The zero-order valence-corrected chi connectivity index (χ0v) is 11.2. The van der Waals surface area contributed by atoms with Gasteiger partial charge < -0.3 is 5.11 Å². The molecule has 0 radical (unpaired) electrons. The number of aliphatic carboxylic acids is 1. The van der Waals surface area contributed by atoms with Crippen LogP contribution in [0.15, 0.2) is 17.0 Å². The van der Waals surface area contributed by atoms with Crippen LogP contribution < -0.4 is 0 Å². The van der Waals surface area contributed by atoms with Crippen LogP contribution in [0.25, 0.3) is 0 Å². The Morgan fingerprint density at radius 2 is 1.62 bits per heavy atom. The molecule has 1 aromatic carbocycles. The van der Waals surface area contributed by atoms with E-state index in [-0.39, 0.29) is 0 Å². The van der Waals surface area contributed by atoms with Gasteiger partial charge in [-0.2, -0.15) is 0 Å². The van der Waals surface area contributed by atoms with Crippen molar-refractivity contribution in [3.05, 3.63) is 28.8 Å². The van der Waals surface area contributed by atoms with E-state index in [0.29, 0.717) is 0 Å². The highest BCUT2D eigenvalue weighted by Gasteiger charge is 2.29. The van der Waals surface area contributed by atoms with Crippen molar-refractivity contribution in [1.29, 1.82) is 0 Å². The Balaban J connectivity index is 3.11. The molecule has 0 aliphatic rings. The molecule has 0 bridgehead atoms. The van der Waals surface area contributed by atoms with Crippen LogP contribution in [-0.4, -0.2) is 15.8 Å². The number of carboxylic acid groups (broad SMARTS) is 1. The van der Waals surface area contributed by atoms with Gasteiger partial charge in [0.15, 0.2) is 0 Å². The maximum atomic E-state index is 11.1. The highest BCUT2D eigenvalue weighted by Crippen LogP contribution is 2.37. The molecule has 0 unspecified atom stereocenters. The van der Waals surface area contributed by atoms with Gasteiger partial charge in [-0.15, -0.1) is 11.8 Å². The van der Waals surface area contributed by atoms with E-state index in [9.17, 15) is 4.79 Å². The molecule has 0 amide bonds. The normalized spacial score (nSPS) is 11.6. The molecule has 3 heteroatoms. The van der Waals surface area contributed by atoms with Crippen LogP contribution in [0.2, 0.25) is 0 Å². The first-order chi connectivity index (χ1) is 7.24. The monoisotopic (exact) mass is 238 g/mol. The highest BCUT2D eigenvalue weighted by atomic mass is 32.2. The Kier molecular flexibility index (Phi) is 3.68. The molecule has 2 nitrogen and oxygen atoms in total. The van der Waals surface area contributed by atoms with Crippen LogP contribution in [0.4, 0.5) is 0 Å². The molecular weight excluding hydrogens is 220 g/mol. The molecule has 0 aliphatic carbocycles. The van der Waals surface area contributed by atoms with Crippen molar-refractivity contribution in [1.82, 2.24) is 0 Å². The van der Waals surface area contributed by atoms with Crippen molar-refractivity contribution in [2.75, 3.05) is 0 Å². The van der Waals surface area contributed by atoms with Gasteiger partial charge in [0.2, 0.25) is 0 Å². The Bertz CT molecular complexity index is 399. The number of thioether (sulfide) groups is 1. The number of hydrogen-bond donors (Lipinski definition) is 1. The Hall–Kier alpha value is -0.960. The van der Waals surface area contributed by atoms with Crippen molar-refractivity contribution in [3.8, 4) is 0 Å². The van der Waals surface area contributed by atoms with E-state index in [0.717, 1.165) is 16.0 Å². The Morgan fingerprint density at radius 1 is 1.19 bits per heavy atom. The molecule has 1 N–H and O–H groups in total. The van der Waals surface area contributed by atoms with E-state index in [4.69, 9.17) is 5.11 Å². The molecule has 0 spiro atoms. The Labute approximate surface area is 101 Å². The average molecular weight is 238 g/mol. The summed E-state index contributed by atoms with van der Waals surface area (Å²) in [4.78, 5) is 12.2. The fraction of sp³-hybridized carbons (Fsp3) is 0.462. The van der Waals surface area contributed by atoms with E-state index < -0.39 is 10.7 Å². The summed E-state index contributed by atoms with van der Waals surface area (Å²) in [6.45, 7) is 9.58. The smallest absolute Gasteiger partial charge is 0.319 e. The molecule has 0 saturated heterocycles. The van der Waals surface area contributed by atoms with Gasteiger partial charge in [-0.1, -0.05) is 17.7 Å². The average Bonchev–Trinajstić information content (AvgIpc) is 2.11. The standard InChI is InChI=1S/C13H18O2S/c1-8-6-9(2)11(10(3)7-8)16-13(4,5)12(14)15/h6-7H,1-5H3,(H,14,15). The van der Waals surface area contributed by atoms with E-state index in [1.165, 1.54) is 17.3 Å². The van der Waals surface area contributed by atoms with Gasteiger partial charge in [-0.3, -0.25) is 4.79 Å². The first kappa shape index (κ1) is 13.1. The largest absolute Gasteiger partial charge is 0.480 e. The lowest BCUT2D eigenvalue weighted by Crippen LogP contribution is -2.27. The van der Waals surface area contributed by atoms with Gasteiger partial charge in [0, 0.05) is 4.90 Å². The summed E-state index contributed by atoms with van der Waals surface area (Å²) >= 11 is 1.42. The van der Waals surface area contributed by atoms with Crippen LogP contribution >= 0.6 is 11.8 Å². The van der Waals surface area contributed by atoms with Crippen LogP contribution in [0.5, 0.6) is 0 Å². The van der Waals surface area contributed by atoms with Crippen LogP contribution in [0.1, 0.15) is 30.5 Å². The number of carbonyl (C=O) groups is 1. The lowest BCUT2D eigenvalue weighted by Gasteiger charge is -2.21. The van der Waals surface area contributed by atoms with Gasteiger partial charge in [-0.05, 0) is 45.7 Å². The first-order valence-corrected chi connectivity index (χ1v) is 6.06. The zero-order chi connectivity index (χ0) is 12.5. The van der Waals surface area contributed by atoms with E-state index in [1.807, 2.05) is 13.8 Å². The summed E-state index contributed by atoms with van der Waals surface area (Å²) in [7, 11) is 0. The molecule has 0 fully saturated rings. The third-order valence-corrected chi connectivity index (χ3v) is 4.01. The predicted molar refractivity (Wildman–Crippen MR) is 68.2 cm³/mol. The minimum Gasteiger partial charge on any atom is -0.480 e. The molecule has 0 atom stereocenters. The molecule has 88 valence electrons.